The standard InChI is InChI=1S/C11H12BrFN2O/c1-2-16-6-5-15-9-4-3-8(7-14)10(12)11(9)13/h3-4,15H,2,5-6H2,1H3. The summed E-state index contributed by atoms with van der Waals surface area (Å²) >= 11 is 3.05. The molecule has 16 heavy (non-hydrogen) atoms. The Morgan fingerprint density at radius 3 is 2.94 bits per heavy atom. The molecular formula is C11H12BrFN2O. The van der Waals surface area contributed by atoms with E-state index in [4.69, 9.17) is 10.00 Å². The first-order valence-corrected chi connectivity index (χ1v) is 5.69. The van der Waals surface area contributed by atoms with Gasteiger partial charge in [-0.05, 0) is 35.0 Å². The summed E-state index contributed by atoms with van der Waals surface area (Å²) in [6.07, 6.45) is 0. The highest BCUT2D eigenvalue weighted by Crippen LogP contribution is 2.26. The van der Waals surface area contributed by atoms with Crippen molar-refractivity contribution in [2.24, 2.45) is 0 Å². The molecule has 0 aliphatic carbocycles. The van der Waals surface area contributed by atoms with Gasteiger partial charge in [0.05, 0.1) is 22.3 Å². The molecule has 0 fully saturated rings. The zero-order chi connectivity index (χ0) is 12.0. The monoisotopic (exact) mass is 286 g/mol. The Bertz CT molecular complexity index is 404. The Morgan fingerprint density at radius 1 is 1.56 bits per heavy atom. The topological polar surface area (TPSA) is 45.0 Å². The minimum atomic E-state index is -0.449. The summed E-state index contributed by atoms with van der Waals surface area (Å²) in [5.74, 6) is -0.449. The highest BCUT2D eigenvalue weighted by Gasteiger charge is 2.10. The van der Waals surface area contributed by atoms with Crippen LogP contribution in [0.2, 0.25) is 0 Å². The number of nitriles is 1. The second-order valence-electron chi connectivity index (χ2n) is 3.02. The number of halogens is 2. The molecule has 0 saturated carbocycles. The predicted molar refractivity (Wildman–Crippen MR) is 63.8 cm³/mol. The van der Waals surface area contributed by atoms with E-state index in [1.54, 1.807) is 12.1 Å². The van der Waals surface area contributed by atoms with E-state index in [1.807, 2.05) is 13.0 Å². The van der Waals surface area contributed by atoms with Crippen molar-refractivity contribution in [3.63, 3.8) is 0 Å². The van der Waals surface area contributed by atoms with Crippen LogP contribution in [0.3, 0.4) is 0 Å². The Morgan fingerprint density at radius 2 is 2.31 bits per heavy atom. The van der Waals surface area contributed by atoms with Gasteiger partial charge < -0.3 is 10.1 Å². The fourth-order valence-electron chi connectivity index (χ4n) is 1.17. The van der Waals surface area contributed by atoms with Crippen LogP contribution >= 0.6 is 15.9 Å². The lowest BCUT2D eigenvalue weighted by molar-refractivity contribution is 0.158. The van der Waals surface area contributed by atoms with Crippen LogP contribution in [0.1, 0.15) is 12.5 Å². The largest absolute Gasteiger partial charge is 0.380 e. The van der Waals surface area contributed by atoms with Gasteiger partial charge in [0.25, 0.3) is 0 Å². The molecule has 86 valence electrons. The van der Waals surface area contributed by atoms with Gasteiger partial charge in [-0.3, -0.25) is 0 Å². The van der Waals surface area contributed by atoms with Crippen molar-refractivity contribution in [1.29, 1.82) is 5.26 Å². The molecule has 1 aromatic rings. The molecule has 5 heteroatoms. The molecule has 0 bridgehead atoms. The zero-order valence-electron chi connectivity index (χ0n) is 8.89. The van der Waals surface area contributed by atoms with Crippen molar-refractivity contribution >= 4 is 21.6 Å². The number of anilines is 1. The molecule has 0 radical (unpaired) electrons. The van der Waals surface area contributed by atoms with E-state index in [0.29, 0.717) is 25.4 Å². The molecule has 0 saturated heterocycles. The average Bonchev–Trinajstić information content (AvgIpc) is 2.30. The molecule has 0 aliphatic heterocycles. The lowest BCUT2D eigenvalue weighted by atomic mass is 10.2. The smallest absolute Gasteiger partial charge is 0.161 e. The van der Waals surface area contributed by atoms with Crippen molar-refractivity contribution in [3.05, 3.63) is 28.0 Å². The number of benzene rings is 1. The molecular weight excluding hydrogens is 275 g/mol. The maximum absolute atomic E-state index is 13.7. The number of hydrogen-bond donors (Lipinski definition) is 1. The van der Waals surface area contributed by atoms with E-state index in [0.717, 1.165) is 0 Å². The fourth-order valence-corrected chi connectivity index (χ4v) is 1.61. The number of nitrogens with zero attached hydrogens (tertiary/aromatic N) is 1. The first-order chi connectivity index (χ1) is 7.70. The minimum absolute atomic E-state index is 0.191. The van der Waals surface area contributed by atoms with Crippen LogP contribution in [0.15, 0.2) is 16.6 Å². The third-order valence-corrected chi connectivity index (χ3v) is 2.74. The lowest BCUT2D eigenvalue weighted by Gasteiger charge is -2.09. The van der Waals surface area contributed by atoms with E-state index >= 15 is 0 Å². The molecule has 0 aromatic heterocycles. The van der Waals surface area contributed by atoms with Crippen LogP contribution in [0.5, 0.6) is 0 Å². The lowest BCUT2D eigenvalue weighted by Crippen LogP contribution is -2.10. The highest BCUT2D eigenvalue weighted by molar-refractivity contribution is 9.10. The van der Waals surface area contributed by atoms with Crippen LogP contribution in [-0.4, -0.2) is 19.8 Å². The van der Waals surface area contributed by atoms with Crippen LogP contribution in [-0.2, 0) is 4.74 Å². The average molecular weight is 287 g/mol. The number of nitrogens with one attached hydrogen (secondary N) is 1. The van der Waals surface area contributed by atoms with Crippen LogP contribution in [0.25, 0.3) is 0 Å². The second-order valence-corrected chi connectivity index (χ2v) is 3.82. The van der Waals surface area contributed by atoms with Gasteiger partial charge in [0, 0.05) is 13.2 Å². The van der Waals surface area contributed by atoms with Crippen molar-refractivity contribution in [2.75, 3.05) is 25.1 Å². The Kier molecular flexibility index (Phi) is 5.23. The number of ether oxygens (including phenoxy) is 1. The summed E-state index contributed by atoms with van der Waals surface area (Å²) in [6.45, 7) is 3.59. The van der Waals surface area contributed by atoms with Gasteiger partial charge in [-0.25, -0.2) is 4.39 Å². The molecule has 1 N–H and O–H groups in total. The SMILES string of the molecule is CCOCCNc1ccc(C#N)c(Br)c1F. The van der Waals surface area contributed by atoms with Crippen molar-refractivity contribution in [1.82, 2.24) is 0 Å². The molecule has 0 amide bonds. The Balaban J connectivity index is 2.68. The van der Waals surface area contributed by atoms with Crippen molar-refractivity contribution in [2.45, 2.75) is 6.92 Å². The van der Waals surface area contributed by atoms with Gasteiger partial charge in [-0.15, -0.1) is 0 Å². The minimum Gasteiger partial charge on any atom is -0.380 e. The third-order valence-electron chi connectivity index (χ3n) is 1.97. The predicted octanol–water partition coefficient (Wildman–Crippen LogP) is 2.91. The maximum atomic E-state index is 13.7. The van der Waals surface area contributed by atoms with Gasteiger partial charge in [-0.2, -0.15) is 5.26 Å². The highest BCUT2D eigenvalue weighted by atomic mass is 79.9. The van der Waals surface area contributed by atoms with Gasteiger partial charge in [0.1, 0.15) is 6.07 Å². The summed E-state index contributed by atoms with van der Waals surface area (Å²) < 4.78 is 19.0. The zero-order valence-corrected chi connectivity index (χ0v) is 10.5. The van der Waals surface area contributed by atoms with Gasteiger partial charge >= 0.3 is 0 Å². The Hall–Kier alpha value is -1.12. The third kappa shape index (κ3) is 3.19. The first kappa shape index (κ1) is 12.9. The molecule has 0 unspecified atom stereocenters. The molecule has 0 heterocycles. The summed E-state index contributed by atoms with van der Waals surface area (Å²) in [7, 11) is 0. The molecule has 0 spiro atoms. The van der Waals surface area contributed by atoms with E-state index < -0.39 is 5.82 Å². The van der Waals surface area contributed by atoms with Gasteiger partial charge in [0.15, 0.2) is 5.82 Å². The molecule has 1 rings (SSSR count). The summed E-state index contributed by atoms with van der Waals surface area (Å²) in [5.41, 5.74) is 0.651. The first-order valence-electron chi connectivity index (χ1n) is 4.90. The quantitative estimate of drug-likeness (QED) is 0.847. The Labute approximate surface area is 102 Å². The number of rotatable bonds is 5. The van der Waals surface area contributed by atoms with Gasteiger partial charge in [-0.1, -0.05) is 0 Å². The van der Waals surface area contributed by atoms with Crippen LogP contribution in [0.4, 0.5) is 10.1 Å². The summed E-state index contributed by atoms with van der Waals surface area (Å²) in [6, 6.07) is 5.01. The van der Waals surface area contributed by atoms with Crippen molar-refractivity contribution in [3.8, 4) is 6.07 Å². The number of hydrogen-bond acceptors (Lipinski definition) is 3. The van der Waals surface area contributed by atoms with Gasteiger partial charge in [0.2, 0.25) is 0 Å². The van der Waals surface area contributed by atoms with Crippen LogP contribution in [0, 0.1) is 17.1 Å². The van der Waals surface area contributed by atoms with Crippen molar-refractivity contribution < 1.29 is 9.13 Å². The fraction of sp³-hybridized carbons (Fsp3) is 0.364. The van der Waals surface area contributed by atoms with Crippen LogP contribution < -0.4 is 5.32 Å². The van der Waals surface area contributed by atoms with E-state index in [2.05, 4.69) is 21.2 Å². The van der Waals surface area contributed by atoms with E-state index in [9.17, 15) is 4.39 Å². The molecule has 3 nitrogen and oxygen atoms in total. The van der Waals surface area contributed by atoms with E-state index in [-0.39, 0.29) is 10.0 Å². The molecule has 0 aliphatic rings. The maximum Gasteiger partial charge on any atom is 0.161 e. The van der Waals surface area contributed by atoms with E-state index in [1.165, 1.54) is 0 Å². The summed E-state index contributed by atoms with van der Waals surface area (Å²) in [5, 5.41) is 11.6. The molecule has 1 aromatic carbocycles. The molecule has 0 atom stereocenters. The summed E-state index contributed by atoms with van der Waals surface area (Å²) in [4.78, 5) is 0. The second kappa shape index (κ2) is 6.46. The normalized spacial score (nSPS) is 9.88.